The smallest absolute Gasteiger partial charge is 0.416 e. The van der Waals surface area contributed by atoms with Crippen molar-refractivity contribution in [3.05, 3.63) is 64.7 Å². The number of aryl methyl sites for hydroxylation is 1. The second-order valence-corrected chi connectivity index (χ2v) is 8.61. The lowest BCUT2D eigenvalue weighted by Gasteiger charge is -2.24. The number of carbonyl (C=O) groups is 1. The van der Waals surface area contributed by atoms with E-state index >= 15 is 0 Å². The first-order valence-corrected chi connectivity index (χ1v) is 11.6. The second kappa shape index (κ2) is 11.4. The summed E-state index contributed by atoms with van der Waals surface area (Å²) >= 11 is 0. The van der Waals surface area contributed by atoms with Crippen LogP contribution >= 0.6 is 0 Å². The molecule has 2 aromatic carbocycles. The van der Waals surface area contributed by atoms with Gasteiger partial charge in [0.1, 0.15) is 12.4 Å². The predicted octanol–water partition coefficient (Wildman–Crippen LogP) is 6.76. The van der Waals surface area contributed by atoms with Gasteiger partial charge in [-0.25, -0.2) is 4.79 Å². The number of halogens is 3. The molecular weight excluding hydrogens is 447 g/mol. The van der Waals surface area contributed by atoms with Crippen LogP contribution in [0.25, 0.3) is 0 Å². The first-order chi connectivity index (χ1) is 16.2. The zero-order chi connectivity index (χ0) is 24.7. The number of nitrogens with zero attached hydrogens (tertiary/aromatic N) is 1. The Balaban J connectivity index is 1.78. The third-order valence-corrected chi connectivity index (χ3v) is 6.05. The summed E-state index contributed by atoms with van der Waals surface area (Å²) in [7, 11) is 0. The number of hydrogen-bond acceptors (Lipinski definition) is 4. The molecule has 0 heterocycles. The predicted molar refractivity (Wildman–Crippen MR) is 123 cm³/mol. The molecule has 0 amide bonds. The van der Waals surface area contributed by atoms with Gasteiger partial charge in [-0.1, -0.05) is 43.5 Å². The van der Waals surface area contributed by atoms with Gasteiger partial charge in [-0.3, -0.25) is 0 Å². The Morgan fingerprint density at radius 2 is 1.79 bits per heavy atom. The molecule has 8 heteroatoms. The fourth-order valence-electron chi connectivity index (χ4n) is 4.11. The Morgan fingerprint density at radius 1 is 1.12 bits per heavy atom. The van der Waals surface area contributed by atoms with Crippen molar-refractivity contribution in [3.63, 3.8) is 0 Å². The van der Waals surface area contributed by atoms with Gasteiger partial charge in [0.2, 0.25) is 0 Å². The Hall–Kier alpha value is -3.03. The summed E-state index contributed by atoms with van der Waals surface area (Å²) in [6.45, 7) is 3.67. The van der Waals surface area contributed by atoms with Crippen molar-refractivity contribution >= 4 is 11.7 Å². The Kier molecular flexibility index (Phi) is 8.58. The van der Waals surface area contributed by atoms with E-state index in [0.29, 0.717) is 17.7 Å². The maximum Gasteiger partial charge on any atom is 0.416 e. The van der Waals surface area contributed by atoms with E-state index in [-0.39, 0.29) is 12.5 Å². The van der Waals surface area contributed by atoms with E-state index in [1.54, 1.807) is 13.0 Å². The fraction of sp³-hybridized carbons (Fsp3) is 0.462. The number of oxime groups is 1. The summed E-state index contributed by atoms with van der Waals surface area (Å²) in [4.78, 5) is 16.9. The first kappa shape index (κ1) is 25.6. The average Bonchev–Trinajstić information content (AvgIpc) is 2.81. The Morgan fingerprint density at radius 3 is 2.35 bits per heavy atom. The lowest BCUT2D eigenvalue weighted by Crippen LogP contribution is -2.26. The van der Waals surface area contributed by atoms with E-state index in [2.05, 4.69) is 5.16 Å². The molecule has 1 fully saturated rings. The van der Waals surface area contributed by atoms with E-state index in [1.807, 2.05) is 19.1 Å². The number of carboxylic acids is 1. The Bertz CT molecular complexity index is 996. The van der Waals surface area contributed by atoms with Crippen LogP contribution < -0.4 is 4.74 Å². The van der Waals surface area contributed by atoms with Gasteiger partial charge in [0.25, 0.3) is 0 Å². The second-order valence-electron chi connectivity index (χ2n) is 8.61. The molecule has 0 radical (unpaired) electrons. The van der Waals surface area contributed by atoms with Gasteiger partial charge in [-0.05, 0) is 67.6 Å². The number of benzene rings is 2. The SMILES string of the molecule is CCC(Oc1ccc(/C(=N\OCc2ccc(C(F)(F)F)cc2)C2CCCCC2)cc1C)C(=O)O. The molecule has 1 atom stereocenters. The number of ether oxygens (including phenoxy) is 1. The van der Waals surface area contributed by atoms with Crippen molar-refractivity contribution < 1.29 is 32.6 Å². The lowest BCUT2D eigenvalue weighted by atomic mass is 9.83. The minimum absolute atomic E-state index is 0.0608. The van der Waals surface area contributed by atoms with Crippen molar-refractivity contribution in [2.75, 3.05) is 0 Å². The number of rotatable bonds is 9. The van der Waals surface area contributed by atoms with Crippen LogP contribution in [-0.2, 0) is 22.4 Å². The number of alkyl halides is 3. The highest BCUT2D eigenvalue weighted by atomic mass is 19.4. The van der Waals surface area contributed by atoms with Crippen LogP contribution in [0.3, 0.4) is 0 Å². The molecule has 1 N–H and O–H groups in total. The molecular formula is C26H30F3NO4. The molecule has 0 aromatic heterocycles. The van der Waals surface area contributed by atoms with E-state index in [9.17, 15) is 23.1 Å². The number of aliphatic carboxylic acids is 1. The highest BCUT2D eigenvalue weighted by molar-refractivity contribution is 6.02. The molecule has 0 aliphatic heterocycles. The fourth-order valence-corrected chi connectivity index (χ4v) is 4.11. The molecule has 0 spiro atoms. The van der Waals surface area contributed by atoms with Gasteiger partial charge >= 0.3 is 12.1 Å². The van der Waals surface area contributed by atoms with Crippen LogP contribution in [0.15, 0.2) is 47.6 Å². The van der Waals surface area contributed by atoms with Crippen LogP contribution in [0.5, 0.6) is 5.75 Å². The topological polar surface area (TPSA) is 68.1 Å². The summed E-state index contributed by atoms with van der Waals surface area (Å²) in [6.07, 6.45) is 0.398. The minimum atomic E-state index is -4.37. The van der Waals surface area contributed by atoms with Gasteiger partial charge < -0.3 is 14.7 Å². The summed E-state index contributed by atoms with van der Waals surface area (Å²) in [5.41, 5.74) is 2.36. The van der Waals surface area contributed by atoms with Crippen LogP contribution in [0, 0.1) is 12.8 Å². The zero-order valence-electron chi connectivity index (χ0n) is 19.4. The van der Waals surface area contributed by atoms with Crippen molar-refractivity contribution in [1.29, 1.82) is 0 Å². The molecule has 0 saturated heterocycles. The molecule has 1 aliphatic carbocycles. The summed E-state index contributed by atoms with van der Waals surface area (Å²) in [5.74, 6) is -0.284. The maximum atomic E-state index is 12.8. The highest BCUT2D eigenvalue weighted by Gasteiger charge is 2.30. The van der Waals surface area contributed by atoms with E-state index in [1.165, 1.54) is 18.6 Å². The molecule has 1 saturated carbocycles. The van der Waals surface area contributed by atoms with E-state index in [4.69, 9.17) is 9.57 Å². The summed E-state index contributed by atoms with van der Waals surface area (Å²) < 4.78 is 44.0. The normalized spacial score (nSPS) is 16.2. The molecule has 3 rings (SSSR count). The van der Waals surface area contributed by atoms with Gasteiger partial charge in [0, 0.05) is 11.5 Å². The van der Waals surface area contributed by atoms with Gasteiger partial charge in [0.15, 0.2) is 6.10 Å². The monoisotopic (exact) mass is 477 g/mol. The van der Waals surface area contributed by atoms with Crippen molar-refractivity contribution in [1.82, 2.24) is 0 Å². The Labute approximate surface area is 197 Å². The van der Waals surface area contributed by atoms with E-state index < -0.39 is 23.8 Å². The molecule has 1 aliphatic rings. The maximum absolute atomic E-state index is 12.8. The van der Waals surface area contributed by atoms with Crippen LogP contribution in [0.1, 0.15) is 67.7 Å². The van der Waals surface area contributed by atoms with E-state index in [0.717, 1.165) is 54.7 Å². The standard InChI is InChI=1S/C26H30F3NO4/c1-3-22(25(31)32)34-23-14-11-20(15-17(23)2)24(19-7-5-4-6-8-19)30-33-16-18-9-12-21(13-10-18)26(27,28)29/h9-15,19,22H,3-8,16H2,1-2H3,(H,31,32)/b30-24-. The molecule has 34 heavy (non-hydrogen) atoms. The molecule has 1 unspecified atom stereocenters. The molecule has 184 valence electrons. The third-order valence-electron chi connectivity index (χ3n) is 6.05. The van der Waals surface area contributed by atoms with Crippen molar-refractivity contribution in [3.8, 4) is 5.75 Å². The number of hydrogen-bond donors (Lipinski definition) is 1. The van der Waals surface area contributed by atoms with Crippen LogP contribution in [-0.4, -0.2) is 22.9 Å². The highest BCUT2D eigenvalue weighted by Crippen LogP contribution is 2.31. The average molecular weight is 478 g/mol. The van der Waals surface area contributed by atoms with Crippen LogP contribution in [0.2, 0.25) is 0 Å². The summed E-state index contributed by atoms with van der Waals surface area (Å²) in [5, 5.41) is 13.7. The number of carboxylic acid groups (broad SMARTS) is 1. The minimum Gasteiger partial charge on any atom is -0.479 e. The van der Waals surface area contributed by atoms with Gasteiger partial charge in [-0.15, -0.1) is 0 Å². The largest absolute Gasteiger partial charge is 0.479 e. The van der Waals surface area contributed by atoms with Crippen LogP contribution in [0.4, 0.5) is 13.2 Å². The molecule has 0 bridgehead atoms. The third kappa shape index (κ3) is 6.74. The van der Waals surface area contributed by atoms with Crippen molar-refractivity contribution in [2.24, 2.45) is 11.1 Å². The first-order valence-electron chi connectivity index (χ1n) is 11.6. The molecule has 2 aromatic rings. The lowest BCUT2D eigenvalue weighted by molar-refractivity contribution is -0.145. The van der Waals surface area contributed by atoms with Crippen molar-refractivity contribution in [2.45, 2.75) is 71.3 Å². The van der Waals surface area contributed by atoms with Gasteiger partial charge in [0.05, 0.1) is 11.3 Å². The molecule has 5 nitrogen and oxygen atoms in total. The van der Waals surface area contributed by atoms with Gasteiger partial charge in [-0.2, -0.15) is 13.2 Å². The quantitative estimate of drug-likeness (QED) is 0.320. The summed E-state index contributed by atoms with van der Waals surface area (Å²) in [6, 6.07) is 10.4. The zero-order valence-corrected chi connectivity index (χ0v) is 19.4.